The lowest BCUT2D eigenvalue weighted by molar-refractivity contribution is -0.384. The average molecular weight is 350 g/mol. The van der Waals surface area contributed by atoms with Crippen LogP contribution in [0, 0.1) is 20.2 Å². The van der Waals surface area contributed by atoms with Crippen molar-refractivity contribution in [2.24, 2.45) is 0 Å². The van der Waals surface area contributed by atoms with Crippen molar-refractivity contribution in [3.8, 4) is 11.3 Å². The molecule has 3 aromatic rings. The fourth-order valence-corrected chi connectivity index (χ4v) is 2.56. The molecule has 0 bridgehead atoms. The lowest BCUT2D eigenvalue weighted by Gasteiger charge is -2.08. The molecule has 0 saturated carbocycles. The van der Waals surface area contributed by atoms with Crippen LogP contribution in [0.4, 0.5) is 11.4 Å². The van der Waals surface area contributed by atoms with Gasteiger partial charge in [-0.3, -0.25) is 20.2 Å². The summed E-state index contributed by atoms with van der Waals surface area (Å²) in [5.41, 5.74) is 2.24. The number of non-ortho nitro benzene ring substituents is 2. The monoisotopic (exact) mass is 350 g/mol. The maximum absolute atomic E-state index is 11.1. The largest absolute Gasteiger partial charge is 0.270 e. The molecule has 0 spiro atoms. The lowest BCUT2D eigenvalue weighted by Crippen LogP contribution is -1.97. The molecule has 0 aliphatic rings. The van der Waals surface area contributed by atoms with Crippen molar-refractivity contribution in [2.75, 3.05) is 0 Å². The molecular formula is C18H14N4O4. The molecule has 1 heterocycles. The second-order valence-corrected chi connectivity index (χ2v) is 5.92. The Morgan fingerprint density at radius 1 is 0.962 bits per heavy atom. The van der Waals surface area contributed by atoms with E-state index >= 15 is 0 Å². The number of aromatic nitrogens is 2. The Balaban J connectivity index is 2.34. The van der Waals surface area contributed by atoms with Crippen LogP contribution in [0.2, 0.25) is 0 Å². The maximum Gasteiger partial charge on any atom is 0.270 e. The van der Waals surface area contributed by atoms with Gasteiger partial charge in [0, 0.05) is 35.2 Å². The number of allylic oxidation sites excluding steroid dienone is 1. The number of nitro groups is 2. The Kier molecular flexibility index (Phi) is 4.40. The second kappa shape index (κ2) is 6.67. The quantitative estimate of drug-likeness (QED) is 0.504. The van der Waals surface area contributed by atoms with Crippen molar-refractivity contribution in [3.63, 3.8) is 0 Å². The van der Waals surface area contributed by atoms with Gasteiger partial charge in [-0.1, -0.05) is 17.7 Å². The molecule has 0 amide bonds. The van der Waals surface area contributed by atoms with Gasteiger partial charge in [-0.25, -0.2) is 9.97 Å². The Morgan fingerprint density at radius 2 is 1.65 bits per heavy atom. The molecule has 0 radical (unpaired) electrons. The molecule has 0 aliphatic carbocycles. The summed E-state index contributed by atoms with van der Waals surface area (Å²) in [5, 5.41) is 22.7. The van der Waals surface area contributed by atoms with Crippen molar-refractivity contribution < 1.29 is 9.85 Å². The van der Waals surface area contributed by atoms with E-state index in [0.717, 1.165) is 5.57 Å². The molecule has 130 valence electrons. The van der Waals surface area contributed by atoms with E-state index in [1.54, 1.807) is 24.3 Å². The molecule has 2 aromatic carbocycles. The van der Waals surface area contributed by atoms with Crippen molar-refractivity contribution >= 4 is 28.4 Å². The molecular weight excluding hydrogens is 336 g/mol. The first kappa shape index (κ1) is 17.2. The third-order valence-corrected chi connectivity index (χ3v) is 3.66. The first-order chi connectivity index (χ1) is 12.3. The van der Waals surface area contributed by atoms with Gasteiger partial charge in [-0.05, 0) is 26.0 Å². The van der Waals surface area contributed by atoms with Crippen molar-refractivity contribution in [3.05, 3.63) is 74.1 Å². The van der Waals surface area contributed by atoms with Gasteiger partial charge in [-0.15, -0.1) is 0 Å². The Labute approximate surface area is 148 Å². The highest BCUT2D eigenvalue weighted by molar-refractivity contribution is 5.94. The van der Waals surface area contributed by atoms with E-state index in [0.29, 0.717) is 28.0 Å². The number of hydrogen-bond donors (Lipinski definition) is 0. The normalized spacial score (nSPS) is 10.5. The Morgan fingerprint density at radius 3 is 2.31 bits per heavy atom. The molecule has 0 fully saturated rings. The standard InChI is InChI=1S/C18H14N4O4/c1-11(2)8-17-19-16-7-6-14(22(25)26)10-15(16)18(20-17)12-4-3-5-13(9-12)21(23)24/h3-10H,1-2H3. The SMILES string of the molecule is CC(C)=Cc1nc(-c2cccc([N+](=O)[O-])c2)c2cc([N+](=O)[O-])ccc2n1. The van der Waals surface area contributed by atoms with Crippen LogP contribution in [0.5, 0.6) is 0 Å². The minimum atomic E-state index is -0.499. The van der Waals surface area contributed by atoms with Crippen LogP contribution >= 0.6 is 0 Å². The number of nitro benzene ring substituents is 2. The van der Waals surface area contributed by atoms with E-state index in [4.69, 9.17) is 0 Å². The Hall–Kier alpha value is -3.68. The van der Waals surface area contributed by atoms with Gasteiger partial charge in [0.2, 0.25) is 0 Å². The first-order valence-corrected chi connectivity index (χ1v) is 7.71. The summed E-state index contributed by atoms with van der Waals surface area (Å²) < 4.78 is 0. The predicted molar refractivity (Wildman–Crippen MR) is 97.6 cm³/mol. The fraction of sp³-hybridized carbons (Fsp3) is 0.111. The lowest BCUT2D eigenvalue weighted by atomic mass is 10.0. The van der Waals surface area contributed by atoms with Crippen LogP contribution in [0.25, 0.3) is 28.2 Å². The summed E-state index contributed by atoms with van der Waals surface area (Å²) in [6.07, 6.45) is 1.78. The minimum absolute atomic E-state index is 0.0801. The number of benzene rings is 2. The van der Waals surface area contributed by atoms with Crippen molar-refractivity contribution in [2.45, 2.75) is 13.8 Å². The molecule has 0 aliphatic heterocycles. The maximum atomic E-state index is 11.1. The van der Waals surface area contributed by atoms with Crippen molar-refractivity contribution in [1.29, 1.82) is 0 Å². The van der Waals surface area contributed by atoms with Gasteiger partial charge in [0.25, 0.3) is 11.4 Å². The summed E-state index contributed by atoms with van der Waals surface area (Å²) in [5.74, 6) is 0.438. The highest BCUT2D eigenvalue weighted by atomic mass is 16.6. The topological polar surface area (TPSA) is 112 Å². The van der Waals surface area contributed by atoms with Gasteiger partial charge < -0.3 is 0 Å². The average Bonchev–Trinajstić information content (AvgIpc) is 2.60. The van der Waals surface area contributed by atoms with Crippen molar-refractivity contribution in [1.82, 2.24) is 9.97 Å². The summed E-state index contributed by atoms with van der Waals surface area (Å²) >= 11 is 0. The molecule has 8 nitrogen and oxygen atoms in total. The van der Waals surface area contributed by atoms with Crippen LogP contribution in [-0.2, 0) is 0 Å². The van der Waals surface area contributed by atoms with E-state index in [-0.39, 0.29) is 11.4 Å². The predicted octanol–water partition coefficient (Wildman–Crippen LogP) is 4.54. The first-order valence-electron chi connectivity index (χ1n) is 7.71. The summed E-state index contributed by atoms with van der Waals surface area (Å²) in [6.45, 7) is 3.80. The highest BCUT2D eigenvalue weighted by Crippen LogP contribution is 2.31. The molecule has 3 rings (SSSR count). The van der Waals surface area contributed by atoms with E-state index in [9.17, 15) is 20.2 Å². The van der Waals surface area contributed by atoms with Gasteiger partial charge in [0.15, 0.2) is 5.82 Å². The third-order valence-electron chi connectivity index (χ3n) is 3.66. The minimum Gasteiger partial charge on any atom is -0.258 e. The number of fused-ring (bicyclic) bond motifs is 1. The summed E-state index contributed by atoms with van der Waals surface area (Å²) in [4.78, 5) is 30.1. The van der Waals surface area contributed by atoms with Gasteiger partial charge in [-0.2, -0.15) is 0 Å². The molecule has 8 heteroatoms. The van der Waals surface area contributed by atoms with Gasteiger partial charge in [0.05, 0.1) is 21.1 Å². The zero-order valence-electron chi connectivity index (χ0n) is 14.0. The van der Waals surface area contributed by atoms with E-state index in [1.165, 1.54) is 24.3 Å². The smallest absolute Gasteiger partial charge is 0.258 e. The highest BCUT2D eigenvalue weighted by Gasteiger charge is 2.16. The zero-order valence-corrected chi connectivity index (χ0v) is 14.0. The Bertz CT molecular complexity index is 1070. The van der Waals surface area contributed by atoms with Gasteiger partial charge >= 0.3 is 0 Å². The molecule has 0 N–H and O–H groups in total. The van der Waals surface area contributed by atoms with Crippen LogP contribution in [-0.4, -0.2) is 19.8 Å². The molecule has 1 aromatic heterocycles. The van der Waals surface area contributed by atoms with Crippen LogP contribution in [0.15, 0.2) is 48.0 Å². The zero-order chi connectivity index (χ0) is 18.8. The molecule has 26 heavy (non-hydrogen) atoms. The molecule has 0 saturated heterocycles. The van der Waals surface area contributed by atoms with E-state index in [1.807, 2.05) is 13.8 Å². The fourth-order valence-electron chi connectivity index (χ4n) is 2.56. The summed E-state index contributed by atoms with van der Waals surface area (Å²) in [6, 6.07) is 10.3. The van der Waals surface area contributed by atoms with E-state index < -0.39 is 9.85 Å². The molecule has 0 unspecified atom stereocenters. The second-order valence-electron chi connectivity index (χ2n) is 5.92. The number of rotatable bonds is 4. The number of hydrogen-bond acceptors (Lipinski definition) is 6. The number of nitrogens with zero attached hydrogens (tertiary/aromatic N) is 4. The molecule has 0 atom stereocenters. The van der Waals surface area contributed by atoms with Crippen LogP contribution in [0.3, 0.4) is 0 Å². The summed E-state index contributed by atoms with van der Waals surface area (Å²) in [7, 11) is 0. The van der Waals surface area contributed by atoms with Crippen LogP contribution < -0.4 is 0 Å². The van der Waals surface area contributed by atoms with E-state index in [2.05, 4.69) is 9.97 Å². The third kappa shape index (κ3) is 3.39. The van der Waals surface area contributed by atoms with Crippen LogP contribution in [0.1, 0.15) is 19.7 Å². The van der Waals surface area contributed by atoms with Gasteiger partial charge in [0.1, 0.15) is 0 Å².